The Morgan fingerprint density at radius 1 is 1.39 bits per heavy atom. The Hall–Kier alpha value is -2.28. The van der Waals surface area contributed by atoms with E-state index >= 15 is 0 Å². The van der Waals surface area contributed by atoms with Crippen molar-refractivity contribution in [2.75, 3.05) is 18.3 Å². The van der Waals surface area contributed by atoms with E-state index in [0.717, 1.165) is 12.3 Å². The third kappa shape index (κ3) is 4.25. The van der Waals surface area contributed by atoms with Crippen LogP contribution in [-0.4, -0.2) is 56.1 Å². The fourth-order valence-corrected chi connectivity index (χ4v) is 4.79. The van der Waals surface area contributed by atoms with Gasteiger partial charge in [-0.2, -0.15) is 13.8 Å². The van der Waals surface area contributed by atoms with E-state index in [0.29, 0.717) is 16.6 Å². The van der Waals surface area contributed by atoms with Crippen LogP contribution in [0, 0.1) is 0 Å². The molecule has 0 aromatic carbocycles. The second kappa shape index (κ2) is 8.34. The number of alkyl halides is 2. The smallest absolute Gasteiger partial charge is 0.394 e. The van der Waals surface area contributed by atoms with Gasteiger partial charge in [0.1, 0.15) is 11.9 Å². The summed E-state index contributed by atoms with van der Waals surface area (Å²) in [6.45, 7) is -0.755. The summed E-state index contributed by atoms with van der Waals surface area (Å²) in [6.07, 6.45) is -2.07. The van der Waals surface area contributed by atoms with E-state index in [1.807, 2.05) is 0 Å². The molecule has 2 fully saturated rings. The van der Waals surface area contributed by atoms with Crippen molar-refractivity contribution in [1.29, 1.82) is 0 Å². The van der Waals surface area contributed by atoms with Gasteiger partial charge in [-0.1, -0.05) is 6.07 Å². The van der Waals surface area contributed by atoms with Gasteiger partial charge in [-0.3, -0.25) is 23.7 Å². The van der Waals surface area contributed by atoms with Crippen LogP contribution in [0.25, 0.3) is 0 Å². The summed E-state index contributed by atoms with van der Waals surface area (Å²) < 4.78 is 57.6. The second-order valence-corrected chi connectivity index (χ2v) is 8.63. The van der Waals surface area contributed by atoms with Crippen molar-refractivity contribution < 1.29 is 37.3 Å². The fraction of sp³-hybridized carbons (Fsp3) is 0.471. The summed E-state index contributed by atoms with van der Waals surface area (Å²) in [7, 11) is -3.91. The average Bonchev–Trinajstić information content (AvgIpc) is 2.97. The maximum absolute atomic E-state index is 14.3. The minimum absolute atomic E-state index is 0.101. The van der Waals surface area contributed by atoms with Gasteiger partial charge in [0.25, 0.3) is 0 Å². The number of nitrogens with one attached hydrogen (secondary N) is 1. The number of anilines is 1. The molecule has 0 aliphatic carbocycles. The molecule has 2 unspecified atom stereocenters. The lowest BCUT2D eigenvalue weighted by Crippen LogP contribution is -2.41. The van der Waals surface area contributed by atoms with Crippen molar-refractivity contribution in [3.8, 4) is 0 Å². The third-order valence-corrected chi connectivity index (χ3v) is 6.41. The van der Waals surface area contributed by atoms with Crippen LogP contribution in [0.4, 0.5) is 14.6 Å². The molecule has 0 spiro atoms. The third-order valence-electron chi connectivity index (χ3n) is 4.86. The standard InChI is InChI=1S/C17H19F2N4O7P/c18-17(19)14(25)12(9-24)29-15(17)23-6-3-13(21-16(23)26)22-31(27)28-7-4-11(30-31)10-2-1-5-20-8-10/h1-3,5-6,8,11-12,14-15,24-25H,4,7,9H2,(H,21,22,26,27)/t11?,12-,14+,15-,31?/m1/s1. The Morgan fingerprint density at radius 2 is 2.19 bits per heavy atom. The van der Waals surface area contributed by atoms with Gasteiger partial charge in [-0.05, 0) is 17.7 Å². The molecule has 5 atom stereocenters. The number of nitrogens with zero attached hydrogens (tertiary/aromatic N) is 3. The Bertz CT molecular complexity index is 1040. The monoisotopic (exact) mass is 460 g/mol. The van der Waals surface area contributed by atoms with Gasteiger partial charge in [0.2, 0.25) is 6.23 Å². The molecule has 0 saturated carbocycles. The van der Waals surface area contributed by atoms with Crippen molar-refractivity contribution in [2.45, 2.75) is 36.9 Å². The molecule has 14 heteroatoms. The minimum Gasteiger partial charge on any atom is -0.394 e. The van der Waals surface area contributed by atoms with Crippen LogP contribution in [0.5, 0.6) is 0 Å². The molecule has 31 heavy (non-hydrogen) atoms. The zero-order valence-electron chi connectivity index (χ0n) is 15.9. The molecule has 11 nitrogen and oxygen atoms in total. The van der Waals surface area contributed by atoms with Crippen molar-refractivity contribution in [2.24, 2.45) is 0 Å². The predicted molar refractivity (Wildman–Crippen MR) is 100 cm³/mol. The molecule has 4 rings (SSSR count). The van der Waals surface area contributed by atoms with E-state index in [4.69, 9.17) is 18.9 Å². The van der Waals surface area contributed by atoms with Gasteiger partial charge in [-0.25, -0.2) is 9.36 Å². The molecule has 0 radical (unpaired) electrons. The van der Waals surface area contributed by atoms with E-state index in [2.05, 4.69) is 15.1 Å². The number of pyridine rings is 1. The van der Waals surface area contributed by atoms with E-state index in [9.17, 15) is 23.2 Å². The highest BCUT2D eigenvalue weighted by Gasteiger charge is 2.59. The first-order valence-corrected chi connectivity index (χ1v) is 10.8. The number of hydrogen-bond donors (Lipinski definition) is 3. The molecule has 4 heterocycles. The Kier molecular flexibility index (Phi) is 5.90. The van der Waals surface area contributed by atoms with E-state index in [1.54, 1.807) is 24.5 Å². The first-order chi connectivity index (χ1) is 14.7. The maximum Gasteiger partial charge on any atom is 0.434 e. The van der Waals surface area contributed by atoms with E-state index in [-0.39, 0.29) is 12.4 Å². The summed E-state index contributed by atoms with van der Waals surface area (Å²) in [4.78, 5) is 19.9. The number of ether oxygens (including phenoxy) is 1. The molecule has 2 aromatic heterocycles. The molecule has 2 saturated heterocycles. The molecular weight excluding hydrogens is 441 g/mol. The minimum atomic E-state index is -3.91. The highest BCUT2D eigenvalue weighted by molar-refractivity contribution is 7.55. The summed E-state index contributed by atoms with van der Waals surface area (Å²) in [6, 6.07) is 4.56. The molecule has 2 aromatic rings. The van der Waals surface area contributed by atoms with Crippen LogP contribution < -0.4 is 10.8 Å². The van der Waals surface area contributed by atoms with Crippen LogP contribution in [0.2, 0.25) is 0 Å². The van der Waals surface area contributed by atoms with Crippen molar-refractivity contribution in [1.82, 2.24) is 14.5 Å². The molecule has 168 valence electrons. The molecule has 2 aliphatic rings. The number of hydrogen-bond acceptors (Lipinski definition) is 9. The molecular formula is C17H19F2N4O7P. The Morgan fingerprint density at radius 3 is 2.84 bits per heavy atom. The van der Waals surface area contributed by atoms with Gasteiger partial charge in [-0.15, -0.1) is 0 Å². The summed E-state index contributed by atoms with van der Waals surface area (Å²) in [5.41, 5.74) is -0.471. The quantitative estimate of drug-likeness (QED) is 0.557. The van der Waals surface area contributed by atoms with Crippen molar-refractivity contribution >= 4 is 13.6 Å². The topological polar surface area (TPSA) is 145 Å². The van der Waals surface area contributed by atoms with E-state index in [1.165, 1.54) is 0 Å². The lowest BCUT2D eigenvalue weighted by Gasteiger charge is -2.30. The number of aromatic nitrogens is 3. The highest BCUT2D eigenvalue weighted by atomic mass is 31.2. The SMILES string of the molecule is O=c1nc(NP2(=O)OCCC(c3cccnc3)O2)ccn1[C@@H]1O[C@H](CO)[C@H](O)C1(F)F. The van der Waals surface area contributed by atoms with Gasteiger partial charge in [0, 0.05) is 25.0 Å². The molecule has 2 aliphatic heterocycles. The summed E-state index contributed by atoms with van der Waals surface area (Å²) in [5.74, 6) is -4.07. The first-order valence-electron chi connectivity index (χ1n) is 9.26. The van der Waals surface area contributed by atoms with Crippen molar-refractivity contribution in [3.05, 3.63) is 52.8 Å². The molecule has 0 bridgehead atoms. The van der Waals surface area contributed by atoms with Gasteiger partial charge >= 0.3 is 19.4 Å². The fourth-order valence-electron chi connectivity index (χ4n) is 3.30. The number of halogens is 2. The van der Waals surface area contributed by atoms with Crippen LogP contribution in [0.1, 0.15) is 24.3 Å². The second-order valence-electron chi connectivity index (χ2n) is 6.94. The zero-order valence-corrected chi connectivity index (χ0v) is 16.8. The van der Waals surface area contributed by atoms with Crippen LogP contribution in [-0.2, 0) is 18.3 Å². The van der Waals surface area contributed by atoms with Crippen LogP contribution in [0.3, 0.4) is 0 Å². The summed E-state index contributed by atoms with van der Waals surface area (Å²) in [5, 5.41) is 21.1. The zero-order chi connectivity index (χ0) is 22.2. The lowest BCUT2D eigenvalue weighted by atomic mass is 10.1. The van der Waals surface area contributed by atoms with Gasteiger partial charge < -0.3 is 14.9 Å². The number of aliphatic hydroxyl groups is 2. The molecule has 3 N–H and O–H groups in total. The Labute approximate surface area is 174 Å². The highest BCUT2D eigenvalue weighted by Crippen LogP contribution is 2.55. The normalized spacial score (nSPS) is 32.6. The number of rotatable bonds is 5. The first kappa shape index (κ1) is 21.9. The number of aliphatic hydroxyl groups excluding tert-OH is 2. The maximum atomic E-state index is 14.3. The van der Waals surface area contributed by atoms with Gasteiger partial charge in [0.15, 0.2) is 6.10 Å². The Balaban J connectivity index is 1.52. The lowest BCUT2D eigenvalue weighted by molar-refractivity contribution is -0.140. The predicted octanol–water partition coefficient (Wildman–Crippen LogP) is 1.22. The average molecular weight is 460 g/mol. The summed E-state index contributed by atoms with van der Waals surface area (Å²) >= 11 is 0. The van der Waals surface area contributed by atoms with E-state index < -0.39 is 50.5 Å². The van der Waals surface area contributed by atoms with Crippen molar-refractivity contribution in [3.63, 3.8) is 0 Å². The molecule has 0 amide bonds. The largest absolute Gasteiger partial charge is 0.434 e. The van der Waals surface area contributed by atoms with Crippen LogP contribution >= 0.6 is 7.75 Å². The van der Waals surface area contributed by atoms with Crippen LogP contribution in [0.15, 0.2) is 41.6 Å². The van der Waals surface area contributed by atoms with Gasteiger partial charge in [0.05, 0.1) is 19.3 Å².